The van der Waals surface area contributed by atoms with Crippen molar-refractivity contribution in [1.29, 1.82) is 0 Å². The Hall–Kier alpha value is -7.01. The standard InChI is InChI=1S/C40H32N2O9/c1-25(43)42(33-18-14-31(15-19-33)39(47)48)32-16-12-29(13-17-32)37(44)41(24-28-5-10-30(11-6-28)38(45)46)36-22-9-27(23-35(36)40(49)50)4-3-26-7-20-34(51-2)21-8-26/h3-23H,24H2,1-2H3,(H,45,46)(H,47,48)(H,49,50)/b4-3+. The molecule has 0 unspecified atom stereocenters. The molecule has 256 valence electrons. The largest absolute Gasteiger partial charge is 0.497 e. The molecule has 2 amide bonds. The molecule has 0 bridgehead atoms. The van der Waals surface area contributed by atoms with Crippen LogP contribution in [0.2, 0.25) is 0 Å². The fraction of sp³-hybridized carbons (Fsp3) is 0.0750. The van der Waals surface area contributed by atoms with E-state index in [4.69, 9.17) is 4.74 Å². The summed E-state index contributed by atoms with van der Waals surface area (Å²) in [5.74, 6) is -3.68. The van der Waals surface area contributed by atoms with Crippen LogP contribution in [-0.4, -0.2) is 52.2 Å². The maximum Gasteiger partial charge on any atom is 0.337 e. The molecule has 11 heteroatoms. The highest BCUT2D eigenvalue weighted by molar-refractivity contribution is 6.10. The monoisotopic (exact) mass is 684 g/mol. The summed E-state index contributed by atoms with van der Waals surface area (Å²) in [5.41, 5.74) is 3.11. The van der Waals surface area contributed by atoms with E-state index in [2.05, 4.69) is 0 Å². The van der Waals surface area contributed by atoms with E-state index in [-0.39, 0.29) is 40.4 Å². The van der Waals surface area contributed by atoms with Crippen molar-refractivity contribution >= 4 is 58.9 Å². The highest BCUT2D eigenvalue weighted by Crippen LogP contribution is 2.30. The number of carboxylic acids is 3. The number of anilines is 3. The average Bonchev–Trinajstić information content (AvgIpc) is 3.13. The summed E-state index contributed by atoms with van der Waals surface area (Å²) in [6, 6.07) is 29.9. The molecule has 0 aromatic heterocycles. The van der Waals surface area contributed by atoms with Crippen molar-refractivity contribution in [3.8, 4) is 5.75 Å². The molecule has 0 saturated heterocycles. The van der Waals surface area contributed by atoms with Crippen LogP contribution >= 0.6 is 0 Å². The Morgan fingerprint density at radius 2 is 1.10 bits per heavy atom. The second-order valence-corrected chi connectivity index (χ2v) is 11.3. The van der Waals surface area contributed by atoms with Gasteiger partial charge >= 0.3 is 17.9 Å². The van der Waals surface area contributed by atoms with Crippen molar-refractivity contribution in [1.82, 2.24) is 0 Å². The molecule has 5 aromatic carbocycles. The lowest BCUT2D eigenvalue weighted by Gasteiger charge is -2.26. The summed E-state index contributed by atoms with van der Waals surface area (Å²) in [6.45, 7) is 1.27. The number of hydrogen-bond acceptors (Lipinski definition) is 6. The lowest BCUT2D eigenvalue weighted by Crippen LogP contribution is -2.32. The lowest BCUT2D eigenvalue weighted by molar-refractivity contribution is -0.115. The topological polar surface area (TPSA) is 162 Å². The third kappa shape index (κ3) is 8.35. The lowest BCUT2D eigenvalue weighted by atomic mass is 10.0. The minimum absolute atomic E-state index is 0.0547. The van der Waals surface area contributed by atoms with Gasteiger partial charge in [0.05, 0.1) is 36.0 Å². The van der Waals surface area contributed by atoms with Gasteiger partial charge in [-0.2, -0.15) is 0 Å². The first kappa shape index (κ1) is 35.3. The van der Waals surface area contributed by atoms with Crippen LogP contribution in [-0.2, 0) is 11.3 Å². The fourth-order valence-corrected chi connectivity index (χ4v) is 5.35. The zero-order valence-electron chi connectivity index (χ0n) is 27.5. The zero-order valence-corrected chi connectivity index (χ0v) is 27.5. The van der Waals surface area contributed by atoms with E-state index in [1.165, 1.54) is 71.3 Å². The van der Waals surface area contributed by atoms with Gasteiger partial charge in [-0.3, -0.25) is 14.5 Å². The molecule has 51 heavy (non-hydrogen) atoms. The second-order valence-electron chi connectivity index (χ2n) is 11.3. The maximum absolute atomic E-state index is 14.2. The molecule has 5 rings (SSSR count). The Balaban J connectivity index is 1.51. The smallest absolute Gasteiger partial charge is 0.337 e. The number of hydrogen-bond donors (Lipinski definition) is 3. The number of carbonyl (C=O) groups is 5. The Labute approximate surface area is 292 Å². The van der Waals surface area contributed by atoms with Gasteiger partial charge in [-0.05, 0) is 102 Å². The van der Waals surface area contributed by atoms with Gasteiger partial charge in [0.25, 0.3) is 5.91 Å². The Bertz CT molecular complexity index is 2120. The van der Waals surface area contributed by atoms with Crippen LogP contribution in [0.3, 0.4) is 0 Å². The van der Waals surface area contributed by atoms with Crippen molar-refractivity contribution in [2.75, 3.05) is 16.9 Å². The predicted molar refractivity (Wildman–Crippen MR) is 192 cm³/mol. The number of ether oxygens (including phenoxy) is 1. The van der Waals surface area contributed by atoms with E-state index in [1.54, 1.807) is 61.7 Å². The molecule has 0 aliphatic rings. The van der Waals surface area contributed by atoms with Gasteiger partial charge in [0, 0.05) is 23.9 Å². The minimum Gasteiger partial charge on any atom is -0.497 e. The van der Waals surface area contributed by atoms with Crippen molar-refractivity contribution in [2.24, 2.45) is 0 Å². The van der Waals surface area contributed by atoms with Crippen LogP contribution in [0.15, 0.2) is 115 Å². The van der Waals surface area contributed by atoms with E-state index < -0.39 is 23.8 Å². The molecule has 0 aliphatic carbocycles. The predicted octanol–water partition coefficient (Wildman–Crippen LogP) is 7.49. The van der Waals surface area contributed by atoms with Crippen LogP contribution in [0, 0.1) is 0 Å². The van der Waals surface area contributed by atoms with Gasteiger partial charge in [0.2, 0.25) is 5.91 Å². The van der Waals surface area contributed by atoms with Crippen LogP contribution in [0.4, 0.5) is 17.1 Å². The average molecular weight is 685 g/mol. The number of rotatable bonds is 12. The second kappa shape index (κ2) is 15.5. The van der Waals surface area contributed by atoms with Crippen LogP contribution < -0.4 is 14.5 Å². The SMILES string of the molecule is COc1ccc(/C=C/c2ccc(N(Cc3ccc(C(=O)O)cc3)C(=O)c3ccc(N(C(C)=O)c4ccc(C(=O)O)cc4)cc3)c(C(=O)O)c2)cc1. The molecular weight excluding hydrogens is 652 g/mol. The molecule has 11 nitrogen and oxygen atoms in total. The maximum atomic E-state index is 14.2. The summed E-state index contributed by atoms with van der Waals surface area (Å²) in [4.78, 5) is 64.9. The molecule has 0 fully saturated rings. The van der Waals surface area contributed by atoms with Gasteiger partial charge < -0.3 is 25.0 Å². The Kier molecular flexibility index (Phi) is 10.7. The number of amides is 2. The van der Waals surface area contributed by atoms with E-state index >= 15 is 0 Å². The highest BCUT2D eigenvalue weighted by atomic mass is 16.5. The molecule has 0 spiro atoms. The number of carbonyl (C=O) groups excluding carboxylic acids is 2. The Morgan fingerprint density at radius 1 is 0.608 bits per heavy atom. The summed E-state index contributed by atoms with van der Waals surface area (Å²) in [6.07, 6.45) is 3.57. The molecule has 5 aromatic rings. The number of carboxylic acid groups (broad SMARTS) is 3. The number of aromatic carboxylic acids is 3. The van der Waals surface area contributed by atoms with E-state index in [1.807, 2.05) is 18.2 Å². The number of benzene rings is 5. The zero-order chi connectivity index (χ0) is 36.7. The molecule has 0 atom stereocenters. The van der Waals surface area contributed by atoms with E-state index in [9.17, 15) is 39.3 Å². The summed E-state index contributed by atoms with van der Waals surface area (Å²) >= 11 is 0. The quantitative estimate of drug-likeness (QED) is 0.113. The van der Waals surface area contributed by atoms with Crippen LogP contribution in [0.5, 0.6) is 5.75 Å². The summed E-state index contributed by atoms with van der Waals surface area (Å²) in [5, 5.41) is 28.9. The summed E-state index contributed by atoms with van der Waals surface area (Å²) < 4.78 is 5.19. The number of methoxy groups -OCH3 is 1. The van der Waals surface area contributed by atoms with Crippen molar-refractivity contribution in [2.45, 2.75) is 13.5 Å². The Morgan fingerprint density at radius 3 is 1.59 bits per heavy atom. The molecule has 0 aliphatic heterocycles. The minimum atomic E-state index is -1.26. The fourth-order valence-electron chi connectivity index (χ4n) is 5.35. The third-order valence-electron chi connectivity index (χ3n) is 7.97. The normalized spacial score (nSPS) is 10.8. The van der Waals surface area contributed by atoms with Gasteiger partial charge in [0.1, 0.15) is 5.75 Å². The van der Waals surface area contributed by atoms with Crippen molar-refractivity contribution in [3.05, 3.63) is 154 Å². The molecular formula is C40H32N2O9. The molecule has 0 radical (unpaired) electrons. The van der Waals surface area contributed by atoms with Crippen LogP contribution in [0.25, 0.3) is 12.2 Å². The van der Waals surface area contributed by atoms with Gasteiger partial charge in [-0.1, -0.05) is 42.5 Å². The first-order chi connectivity index (χ1) is 24.4. The molecule has 3 N–H and O–H groups in total. The molecule has 0 saturated carbocycles. The molecule has 0 heterocycles. The summed E-state index contributed by atoms with van der Waals surface area (Å²) in [7, 11) is 1.57. The van der Waals surface area contributed by atoms with E-state index in [0.29, 0.717) is 28.3 Å². The first-order valence-electron chi connectivity index (χ1n) is 15.5. The van der Waals surface area contributed by atoms with Gasteiger partial charge in [-0.15, -0.1) is 0 Å². The first-order valence-corrected chi connectivity index (χ1v) is 15.5. The van der Waals surface area contributed by atoms with Crippen molar-refractivity contribution < 1.29 is 44.0 Å². The highest BCUT2D eigenvalue weighted by Gasteiger charge is 2.25. The van der Waals surface area contributed by atoms with Crippen molar-refractivity contribution in [3.63, 3.8) is 0 Å². The number of nitrogens with zero attached hydrogens (tertiary/aromatic N) is 2. The van der Waals surface area contributed by atoms with Gasteiger partial charge in [-0.25, -0.2) is 14.4 Å². The van der Waals surface area contributed by atoms with Gasteiger partial charge in [0.15, 0.2) is 0 Å². The van der Waals surface area contributed by atoms with E-state index in [0.717, 1.165) is 5.56 Å². The third-order valence-corrected chi connectivity index (χ3v) is 7.97. The van der Waals surface area contributed by atoms with Crippen LogP contribution in [0.1, 0.15) is 65.0 Å².